The molecule has 1 unspecified atom stereocenters. The van der Waals surface area contributed by atoms with E-state index in [4.69, 9.17) is 10.5 Å². The summed E-state index contributed by atoms with van der Waals surface area (Å²) in [5, 5.41) is 2.91. The number of hydrogen-bond donors (Lipinski definition) is 2. The molecule has 0 aromatic carbocycles. The minimum Gasteiger partial charge on any atom is -0.378 e. The van der Waals surface area contributed by atoms with E-state index in [9.17, 15) is 4.79 Å². The summed E-state index contributed by atoms with van der Waals surface area (Å²) in [6.45, 7) is 1.43. The zero-order chi connectivity index (χ0) is 10.7. The second kappa shape index (κ2) is 5.84. The van der Waals surface area contributed by atoms with Crippen molar-refractivity contribution >= 4 is 18.3 Å². The van der Waals surface area contributed by atoms with Crippen LogP contribution in [0.3, 0.4) is 0 Å². The van der Waals surface area contributed by atoms with Gasteiger partial charge in [0.1, 0.15) is 0 Å². The van der Waals surface area contributed by atoms with Gasteiger partial charge in [0.2, 0.25) is 5.91 Å². The summed E-state index contributed by atoms with van der Waals surface area (Å²) in [5.41, 5.74) is 5.89. The number of halogens is 1. The Bertz CT molecular complexity index is 238. The lowest BCUT2D eigenvalue weighted by Gasteiger charge is -2.38. The van der Waals surface area contributed by atoms with Crippen molar-refractivity contribution in [3.05, 3.63) is 0 Å². The Balaban J connectivity index is 0.00000128. The quantitative estimate of drug-likeness (QED) is 0.780. The first kappa shape index (κ1) is 13.7. The smallest absolute Gasteiger partial charge is 0.222 e. The molecule has 2 aliphatic rings. The molecule has 3 N–H and O–H groups in total. The first-order valence-corrected chi connectivity index (χ1v) is 5.85. The Morgan fingerprint density at radius 2 is 2.19 bits per heavy atom. The predicted octanol–water partition coefficient (Wildman–Crippen LogP) is 0.975. The van der Waals surface area contributed by atoms with Crippen molar-refractivity contribution in [1.29, 1.82) is 0 Å². The highest BCUT2D eigenvalue weighted by Crippen LogP contribution is 2.28. The Morgan fingerprint density at radius 1 is 1.44 bits per heavy atom. The molecule has 1 aliphatic carbocycles. The van der Waals surface area contributed by atoms with E-state index < -0.39 is 0 Å². The van der Waals surface area contributed by atoms with Crippen LogP contribution < -0.4 is 11.1 Å². The van der Waals surface area contributed by atoms with Crippen molar-refractivity contribution in [2.75, 3.05) is 13.2 Å². The average molecular weight is 249 g/mol. The summed E-state index contributed by atoms with van der Waals surface area (Å²) >= 11 is 0. The number of rotatable bonds is 4. The molecule has 5 heteroatoms. The molecule has 94 valence electrons. The number of nitrogens with one attached hydrogen (secondary N) is 1. The van der Waals surface area contributed by atoms with Gasteiger partial charge in [0, 0.05) is 18.7 Å². The van der Waals surface area contributed by atoms with Crippen LogP contribution in [0.4, 0.5) is 0 Å². The van der Waals surface area contributed by atoms with Crippen LogP contribution in [-0.2, 0) is 9.53 Å². The van der Waals surface area contributed by atoms with E-state index in [-0.39, 0.29) is 30.0 Å². The van der Waals surface area contributed by atoms with Crippen LogP contribution >= 0.6 is 12.4 Å². The first-order chi connectivity index (χ1) is 7.18. The first-order valence-electron chi connectivity index (χ1n) is 5.85. The minimum absolute atomic E-state index is 0. The normalized spacial score (nSPS) is 26.7. The van der Waals surface area contributed by atoms with E-state index in [1.807, 2.05) is 0 Å². The van der Waals surface area contributed by atoms with Gasteiger partial charge in [-0.15, -0.1) is 12.4 Å². The zero-order valence-electron chi connectivity index (χ0n) is 9.54. The number of amides is 1. The number of ether oxygens (including phenoxy) is 1. The molecule has 16 heavy (non-hydrogen) atoms. The minimum atomic E-state index is -0.119. The van der Waals surface area contributed by atoms with Crippen LogP contribution in [0.1, 0.15) is 38.5 Å². The molecule has 0 bridgehead atoms. The van der Waals surface area contributed by atoms with Gasteiger partial charge in [-0.05, 0) is 32.1 Å². The fourth-order valence-electron chi connectivity index (χ4n) is 2.17. The van der Waals surface area contributed by atoms with Crippen LogP contribution in [0.2, 0.25) is 0 Å². The fraction of sp³-hybridized carbons (Fsp3) is 0.909. The molecule has 4 nitrogen and oxygen atoms in total. The molecular weight excluding hydrogens is 228 g/mol. The lowest BCUT2D eigenvalue weighted by atomic mass is 9.78. The third-order valence-electron chi connectivity index (χ3n) is 3.42. The molecule has 0 radical (unpaired) electrons. The predicted molar refractivity (Wildman–Crippen MR) is 64.6 cm³/mol. The number of carbonyl (C=O) groups excluding carboxylic acids is 1. The van der Waals surface area contributed by atoms with Gasteiger partial charge in [0.15, 0.2) is 0 Å². The lowest BCUT2D eigenvalue weighted by Crippen LogP contribution is -2.55. The van der Waals surface area contributed by atoms with Crippen molar-refractivity contribution in [3.63, 3.8) is 0 Å². The van der Waals surface area contributed by atoms with Gasteiger partial charge < -0.3 is 15.8 Å². The summed E-state index contributed by atoms with van der Waals surface area (Å²) in [7, 11) is 0. The number of carbonyl (C=O) groups is 1. The van der Waals surface area contributed by atoms with Crippen molar-refractivity contribution in [2.24, 2.45) is 5.73 Å². The Kier molecular flexibility index (Phi) is 5.02. The lowest BCUT2D eigenvalue weighted by molar-refractivity contribution is -0.123. The van der Waals surface area contributed by atoms with E-state index in [0.717, 1.165) is 32.3 Å². The SMILES string of the molecule is Cl.NC1(CNC(=O)CC2CCCO2)CCC1. The Morgan fingerprint density at radius 3 is 2.69 bits per heavy atom. The zero-order valence-corrected chi connectivity index (χ0v) is 10.4. The maximum Gasteiger partial charge on any atom is 0.222 e. The highest BCUT2D eigenvalue weighted by molar-refractivity contribution is 5.85. The second-order valence-electron chi connectivity index (χ2n) is 4.83. The van der Waals surface area contributed by atoms with Crippen LogP contribution in [0, 0.1) is 0 Å². The summed E-state index contributed by atoms with van der Waals surface area (Å²) in [6.07, 6.45) is 5.99. The summed E-state index contributed by atoms with van der Waals surface area (Å²) in [6, 6.07) is 0. The van der Waals surface area contributed by atoms with Gasteiger partial charge in [0.05, 0.1) is 12.5 Å². The van der Waals surface area contributed by atoms with Crippen molar-refractivity contribution < 1.29 is 9.53 Å². The maximum absolute atomic E-state index is 11.5. The van der Waals surface area contributed by atoms with Crippen LogP contribution in [0.5, 0.6) is 0 Å². The largest absolute Gasteiger partial charge is 0.378 e. The van der Waals surface area contributed by atoms with Gasteiger partial charge in [-0.2, -0.15) is 0 Å². The molecule has 2 fully saturated rings. The molecule has 2 rings (SSSR count). The van der Waals surface area contributed by atoms with Crippen LogP contribution in [-0.4, -0.2) is 30.7 Å². The third kappa shape index (κ3) is 3.61. The highest BCUT2D eigenvalue weighted by Gasteiger charge is 2.32. The maximum atomic E-state index is 11.5. The topological polar surface area (TPSA) is 64.3 Å². The van der Waals surface area contributed by atoms with Gasteiger partial charge in [-0.25, -0.2) is 0 Å². The fourth-order valence-corrected chi connectivity index (χ4v) is 2.17. The van der Waals surface area contributed by atoms with Crippen molar-refractivity contribution in [1.82, 2.24) is 5.32 Å². The highest BCUT2D eigenvalue weighted by atomic mass is 35.5. The Hall–Kier alpha value is -0.320. The molecule has 0 aromatic heterocycles. The van der Waals surface area contributed by atoms with E-state index >= 15 is 0 Å². The Labute approximate surface area is 103 Å². The monoisotopic (exact) mass is 248 g/mol. The summed E-state index contributed by atoms with van der Waals surface area (Å²) in [5.74, 6) is 0.0821. The molecule has 0 aromatic rings. The molecular formula is C11H21ClN2O2. The van der Waals surface area contributed by atoms with Gasteiger partial charge in [0.25, 0.3) is 0 Å². The third-order valence-corrected chi connectivity index (χ3v) is 3.42. The second-order valence-corrected chi connectivity index (χ2v) is 4.83. The van der Waals surface area contributed by atoms with Crippen LogP contribution in [0.15, 0.2) is 0 Å². The number of nitrogens with two attached hydrogens (primary N) is 1. The molecule has 1 aliphatic heterocycles. The van der Waals surface area contributed by atoms with Crippen molar-refractivity contribution in [3.8, 4) is 0 Å². The molecule has 1 heterocycles. The van der Waals surface area contributed by atoms with Gasteiger partial charge in [-0.1, -0.05) is 0 Å². The molecule has 1 saturated heterocycles. The standard InChI is InChI=1S/C11H20N2O2.ClH/c12-11(4-2-5-11)8-13-10(14)7-9-3-1-6-15-9;/h9H,1-8,12H2,(H,13,14);1H. The summed E-state index contributed by atoms with van der Waals surface area (Å²) in [4.78, 5) is 11.5. The van der Waals surface area contributed by atoms with Crippen LogP contribution in [0.25, 0.3) is 0 Å². The average Bonchev–Trinajstić information content (AvgIpc) is 2.64. The summed E-state index contributed by atoms with van der Waals surface area (Å²) < 4.78 is 5.40. The number of hydrogen-bond acceptors (Lipinski definition) is 3. The van der Waals surface area contributed by atoms with E-state index in [0.29, 0.717) is 13.0 Å². The van der Waals surface area contributed by atoms with E-state index in [1.165, 1.54) is 6.42 Å². The van der Waals surface area contributed by atoms with Gasteiger partial charge in [-0.3, -0.25) is 4.79 Å². The van der Waals surface area contributed by atoms with Crippen molar-refractivity contribution in [2.45, 2.75) is 50.2 Å². The molecule has 1 saturated carbocycles. The van der Waals surface area contributed by atoms with E-state index in [2.05, 4.69) is 5.32 Å². The van der Waals surface area contributed by atoms with E-state index in [1.54, 1.807) is 0 Å². The molecule has 0 spiro atoms. The molecule has 1 amide bonds. The van der Waals surface area contributed by atoms with Gasteiger partial charge >= 0.3 is 0 Å². The molecule has 1 atom stereocenters.